The Labute approximate surface area is 211 Å². The van der Waals surface area contributed by atoms with E-state index in [0.29, 0.717) is 28.9 Å². The highest BCUT2D eigenvalue weighted by molar-refractivity contribution is 7.90. The predicted octanol–water partition coefficient (Wildman–Crippen LogP) is 5.00. The van der Waals surface area contributed by atoms with Crippen molar-refractivity contribution in [2.45, 2.75) is 36.8 Å². The van der Waals surface area contributed by atoms with E-state index in [1.165, 1.54) is 6.20 Å². The predicted molar refractivity (Wildman–Crippen MR) is 129 cm³/mol. The minimum absolute atomic E-state index is 0.0255. The molecule has 0 saturated heterocycles. The third kappa shape index (κ3) is 7.39. The van der Waals surface area contributed by atoms with E-state index in [9.17, 15) is 31.2 Å². The Bertz CT molecular complexity index is 1430. The van der Waals surface area contributed by atoms with Crippen molar-refractivity contribution in [2.75, 3.05) is 11.6 Å². The molecule has 1 aliphatic rings. The number of alkyl halides is 3. The molecule has 3 aromatic rings. The zero-order chi connectivity index (χ0) is 26.8. The van der Waals surface area contributed by atoms with Gasteiger partial charge < -0.3 is 10.1 Å². The second kappa shape index (κ2) is 10.3. The monoisotopic (exact) mass is 532 g/mol. The topological polar surface area (TPSA) is 102 Å². The van der Waals surface area contributed by atoms with E-state index < -0.39 is 26.5 Å². The van der Waals surface area contributed by atoms with Crippen molar-refractivity contribution in [2.24, 2.45) is 5.92 Å². The Morgan fingerprint density at radius 1 is 0.973 bits per heavy atom. The fourth-order valence-electron chi connectivity index (χ4n) is 3.59. The lowest BCUT2D eigenvalue weighted by molar-refractivity contribution is -0.137. The number of nitrogens with zero attached hydrogens (tertiary/aromatic N) is 1. The number of hydrogen-bond donors (Lipinski definition) is 1. The van der Waals surface area contributed by atoms with Gasteiger partial charge in [0.05, 0.1) is 10.5 Å². The normalized spacial score (nSPS) is 13.7. The van der Waals surface area contributed by atoms with E-state index in [4.69, 9.17) is 4.74 Å². The van der Waals surface area contributed by atoms with Gasteiger partial charge in [-0.05, 0) is 60.4 Å². The summed E-state index contributed by atoms with van der Waals surface area (Å²) in [5, 5.41) is 2.74. The number of ketones is 1. The summed E-state index contributed by atoms with van der Waals surface area (Å²) in [5.74, 6) is 0.893. The van der Waals surface area contributed by atoms with Crippen LogP contribution in [0.5, 0.6) is 11.5 Å². The van der Waals surface area contributed by atoms with Crippen LogP contribution in [0.4, 0.5) is 19.0 Å². The molecule has 1 aliphatic carbocycles. The van der Waals surface area contributed by atoms with Crippen LogP contribution in [0.15, 0.2) is 65.7 Å². The van der Waals surface area contributed by atoms with Gasteiger partial charge in [0, 0.05) is 37.3 Å². The van der Waals surface area contributed by atoms with Gasteiger partial charge in [0.2, 0.25) is 5.91 Å². The Morgan fingerprint density at radius 2 is 1.65 bits per heavy atom. The lowest BCUT2D eigenvalue weighted by Gasteiger charge is -2.12. The number of carbonyl (C=O) groups excluding carboxylic acids is 2. The molecule has 0 radical (unpaired) electrons. The summed E-state index contributed by atoms with van der Waals surface area (Å²) in [7, 11) is -3.89. The van der Waals surface area contributed by atoms with Crippen molar-refractivity contribution in [1.82, 2.24) is 4.98 Å². The number of nitrogens with one attached hydrogen (secondary N) is 1. The first-order valence-electron chi connectivity index (χ1n) is 11.3. The van der Waals surface area contributed by atoms with Crippen LogP contribution in [0.2, 0.25) is 0 Å². The van der Waals surface area contributed by atoms with Crippen molar-refractivity contribution in [1.29, 1.82) is 0 Å². The van der Waals surface area contributed by atoms with Gasteiger partial charge in [0.1, 0.15) is 23.1 Å². The molecule has 0 unspecified atom stereocenters. The number of pyridine rings is 1. The van der Waals surface area contributed by atoms with Crippen LogP contribution in [-0.4, -0.2) is 31.3 Å². The van der Waals surface area contributed by atoms with Gasteiger partial charge in [-0.25, -0.2) is 13.4 Å². The van der Waals surface area contributed by atoms with E-state index >= 15 is 0 Å². The van der Waals surface area contributed by atoms with E-state index in [0.717, 1.165) is 31.2 Å². The molecule has 4 rings (SSSR count). The number of carbonyl (C=O) groups is 2. The van der Waals surface area contributed by atoms with Crippen LogP contribution in [0.3, 0.4) is 0 Å². The molecule has 0 atom stereocenters. The lowest BCUT2D eigenvalue weighted by Crippen LogP contribution is -2.14. The number of anilines is 1. The number of ether oxygens (including phenoxy) is 1. The summed E-state index contributed by atoms with van der Waals surface area (Å²) < 4.78 is 69.0. The standard InChI is InChI=1S/C26H23F3N2O5S/c1-37(34,35)23-13-17(10-19(14-23)26(27,28)29)12-20(32)11-16-2-6-21(7-3-16)36-22-8-9-30-24(15-22)31-25(33)18-4-5-18/h2-3,6-10,13-15,18H,4-5,11-12H2,1H3,(H,30,31,33). The maximum absolute atomic E-state index is 13.2. The van der Waals surface area contributed by atoms with Crippen molar-refractivity contribution in [3.8, 4) is 11.5 Å². The highest BCUT2D eigenvalue weighted by Crippen LogP contribution is 2.32. The van der Waals surface area contributed by atoms with Gasteiger partial charge in [-0.2, -0.15) is 13.2 Å². The number of halogens is 3. The number of Topliss-reactive ketones (excluding diaryl/α,β-unsaturated/α-hetero) is 1. The molecule has 194 valence electrons. The summed E-state index contributed by atoms with van der Waals surface area (Å²) in [6, 6.07) is 12.2. The van der Waals surface area contributed by atoms with Crippen LogP contribution in [0, 0.1) is 5.92 Å². The van der Waals surface area contributed by atoms with Gasteiger partial charge in [-0.15, -0.1) is 0 Å². The number of hydrogen-bond acceptors (Lipinski definition) is 6. The molecule has 0 bridgehead atoms. The third-order valence-corrected chi connectivity index (χ3v) is 6.71. The van der Waals surface area contributed by atoms with Gasteiger partial charge in [0.15, 0.2) is 9.84 Å². The van der Waals surface area contributed by atoms with E-state index in [-0.39, 0.29) is 36.0 Å². The molecule has 1 aromatic heterocycles. The fraction of sp³-hybridized carbons (Fsp3) is 0.269. The minimum Gasteiger partial charge on any atom is -0.457 e. The minimum atomic E-state index is -4.74. The number of amides is 1. The van der Waals surface area contributed by atoms with Gasteiger partial charge in [0.25, 0.3) is 0 Å². The summed E-state index contributed by atoms with van der Waals surface area (Å²) >= 11 is 0. The van der Waals surface area contributed by atoms with E-state index in [1.54, 1.807) is 36.4 Å². The molecule has 1 N–H and O–H groups in total. The largest absolute Gasteiger partial charge is 0.457 e. The molecule has 1 saturated carbocycles. The third-order valence-electron chi connectivity index (χ3n) is 5.61. The van der Waals surface area contributed by atoms with Crippen molar-refractivity contribution in [3.05, 3.63) is 77.5 Å². The Hall–Kier alpha value is -3.73. The van der Waals surface area contributed by atoms with E-state index in [1.807, 2.05) is 0 Å². The summed E-state index contributed by atoms with van der Waals surface area (Å²) in [6.45, 7) is 0. The molecular formula is C26H23F3N2O5S. The maximum atomic E-state index is 13.2. The van der Waals surface area contributed by atoms with Gasteiger partial charge in [-0.3, -0.25) is 9.59 Å². The number of sulfone groups is 1. The van der Waals surface area contributed by atoms with Gasteiger partial charge in [-0.1, -0.05) is 12.1 Å². The average molecular weight is 533 g/mol. The first kappa shape index (κ1) is 26.3. The van der Waals surface area contributed by atoms with Crippen LogP contribution in [-0.2, 0) is 38.4 Å². The van der Waals surface area contributed by atoms with E-state index in [2.05, 4.69) is 10.3 Å². The summed E-state index contributed by atoms with van der Waals surface area (Å²) in [4.78, 5) is 28.1. The molecular weight excluding hydrogens is 509 g/mol. The summed E-state index contributed by atoms with van der Waals surface area (Å²) in [5.41, 5.74) is -0.534. The molecule has 11 heteroatoms. The molecule has 1 heterocycles. The maximum Gasteiger partial charge on any atom is 0.416 e. The highest BCUT2D eigenvalue weighted by atomic mass is 32.2. The molecule has 0 aliphatic heterocycles. The van der Waals surface area contributed by atoms with Crippen LogP contribution >= 0.6 is 0 Å². The second-order valence-corrected chi connectivity index (χ2v) is 10.9. The highest BCUT2D eigenvalue weighted by Gasteiger charge is 2.32. The number of benzene rings is 2. The number of rotatable bonds is 9. The molecule has 2 aromatic carbocycles. The molecule has 7 nitrogen and oxygen atoms in total. The quantitative estimate of drug-likeness (QED) is 0.416. The summed E-state index contributed by atoms with van der Waals surface area (Å²) in [6.07, 6.45) is -1.08. The second-order valence-electron chi connectivity index (χ2n) is 8.91. The fourth-order valence-corrected chi connectivity index (χ4v) is 4.29. The smallest absolute Gasteiger partial charge is 0.416 e. The van der Waals surface area contributed by atoms with Crippen LogP contribution in [0.25, 0.3) is 0 Å². The van der Waals surface area contributed by atoms with Crippen molar-refractivity contribution >= 4 is 27.3 Å². The molecule has 1 amide bonds. The average Bonchev–Trinajstić information content (AvgIpc) is 3.65. The lowest BCUT2D eigenvalue weighted by atomic mass is 10.0. The zero-order valence-electron chi connectivity index (χ0n) is 19.7. The Morgan fingerprint density at radius 3 is 2.27 bits per heavy atom. The Kier molecular flexibility index (Phi) is 7.35. The first-order chi connectivity index (χ1) is 17.4. The van der Waals surface area contributed by atoms with Gasteiger partial charge >= 0.3 is 6.18 Å². The molecule has 1 fully saturated rings. The van der Waals surface area contributed by atoms with Crippen molar-refractivity contribution in [3.63, 3.8) is 0 Å². The SMILES string of the molecule is CS(=O)(=O)c1cc(CC(=O)Cc2ccc(Oc3ccnc(NC(=O)C4CC4)c3)cc2)cc(C(F)(F)F)c1. The van der Waals surface area contributed by atoms with Crippen LogP contribution < -0.4 is 10.1 Å². The Balaban J connectivity index is 1.39. The first-order valence-corrected chi connectivity index (χ1v) is 13.2. The molecule has 0 spiro atoms. The number of aromatic nitrogens is 1. The zero-order valence-corrected chi connectivity index (χ0v) is 20.5. The molecule has 37 heavy (non-hydrogen) atoms. The van der Waals surface area contributed by atoms with Crippen molar-refractivity contribution < 1.29 is 35.9 Å². The van der Waals surface area contributed by atoms with Crippen LogP contribution in [0.1, 0.15) is 29.5 Å².